The zero-order valence-corrected chi connectivity index (χ0v) is 26.6. The van der Waals surface area contributed by atoms with E-state index >= 15 is 0 Å². The Hall–Kier alpha value is -2.43. The maximum Gasteiger partial charge on any atom is 0.243 e. The molecular formula is C30H39Cl3N4O3S. The third kappa shape index (κ3) is 10.4. The number of sulfonamides is 1. The summed E-state index contributed by atoms with van der Waals surface area (Å²) in [6, 6.07) is 25.5. The number of para-hydroxylation sites is 1. The van der Waals surface area contributed by atoms with Gasteiger partial charge in [-0.25, -0.2) is 8.42 Å². The molecule has 224 valence electrons. The van der Waals surface area contributed by atoms with Gasteiger partial charge in [0.1, 0.15) is 12.4 Å². The van der Waals surface area contributed by atoms with Gasteiger partial charge in [0, 0.05) is 62.3 Å². The normalized spacial score (nSPS) is 11.0. The molecule has 4 rings (SSSR count). The summed E-state index contributed by atoms with van der Waals surface area (Å²) in [5.41, 5.74) is 2.38. The van der Waals surface area contributed by atoms with Crippen LogP contribution in [0.15, 0.2) is 96.2 Å². The molecule has 0 bridgehead atoms. The smallest absolute Gasteiger partial charge is 0.243 e. The third-order valence-electron chi connectivity index (χ3n) is 6.34. The largest absolute Gasteiger partial charge is 0.492 e. The van der Waals surface area contributed by atoms with Gasteiger partial charge in [0.25, 0.3) is 0 Å². The molecule has 0 amide bonds. The van der Waals surface area contributed by atoms with Crippen LogP contribution < -0.4 is 10.1 Å². The fraction of sp³-hybridized carbons (Fsp3) is 0.300. The number of fused-ring (bicyclic) bond motifs is 1. The van der Waals surface area contributed by atoms with E-state index in [0.29, 0.717) is 49.6 Å². The Morgan fingerprint density at radius 1 is 0.805 bits per heavy atom. The summed E-state index contributed by atoms with van der Waals surface area (Å²) < 4.78 is 35.0. The van der Waals surface area contributed by atoms with Crippen LogP contribution in [0.25, 0.3) is 10.8 Å². The minimum Gasteiger partial charge on any atom is -0.492 e. The maximum absolute atomic E-state index is 13.7. The predicted molar refractivity (Wildman–Crippen MR) is 175 cm³/mol. The number of nitrogens with zero attached hydrogens (tertiary/aromatic N) is 3. The lowest BCUT2D eigenvalue weighted by molar-refractivity contribution is 0.303. The van der Waals surface area contributed by atoms with Crippen molar-refractivity contribution < 1.29 is 13.2 Å². The molecule has 0 spiro atoms. The zero-order valence-electron chi connectivity index (χ0n) is 23.3. The molecule has 7 nitrogen and oxygen atoms in total. The molecular weight excluding hydrogens is 603 g/mol. The van der Waals surface area contributed by atoms with Gasteiger partial charge in [-0.3, -0.25) is 4.98 Å². The van der Waals surface area contributed by atoms with E-state index in [1.54, 1.807) is 34.9 Å². The topological polar surface area (TPSA) is 74.8 Å². The SMILES string of the molecule is CN(C)CCN(CCNCCOc1ccccc1Cc1ccccc1)S(=O)(=O)c1cccc2cnccc12.Cl.Cl.Cl. The molecule has 0 atom stereocenters. The fourth-order valence-corrected chi connectivity index (χ4v) is 5.94. The van der Waals surface area contributed by atoms with Gasteiger partial charge in [0.2, 0.25) is 10.0 Å². The van der Waals surface area contributed by atoms with Crippen LogP contribution in [-0.2, 0) is 16.4 Å². The van der Waals surface area contributed by atoms with E-state index in [4.69, 9.17) is 4.74 Å². The molecule has 1 aromatic heterocycles. The first-order chi connectivity index (χ1) is 18.4. The molecule has 0 aliphatic heterocycles. The molecule has 4 aromatic rings. The number of hydrogen-bond donors (Lipinski definition) is 1. The van der Waals surface area contributed by atoms with E-state index in [2.05, 4.69) is 28.5 Å². The predicted octanol–water partition coefficient (Wildman–Crippen LogP) is 5.31. The van der Waals surface area contributed by atoms with E-state index in [9.17, 15) is 8.42 Å². The summed E-state index contributed by atoms with van der Waals surface area (Å²) in [4.78, 5) is 6.43. The molecule has 1 N–H and O–H groups in total. The highest BCUT2D eigenvalue weighted by Gasteiger charge is 2.26. The lowest BCUT2D eigenvalue weighted by Crippen LogP contribution is -2.41. The van der Waals surface area contributed by atoms with Crippen molar-refractivity contribution in [2.75, 3.05) is 53.4 Å². The van der Waals surface area contributed by atoms with Crippen LogP contribution in [-0.4, -0.2) is 76.0 Å². The average molecular weight is 642 g/mol. The van der Waals surface area contributed by atoms with Crippen molar-refractivity contribution in [1.29, 1.82) is 0 Å². The Balaban J connectivity index is 0.00000280. The number of benzene rings is 3. The molecule has 0 unspecified atom stereocenters. The van der Waals surface area contributed by atoms with E-state index in [1.807, 2.05) is 61.5 Å². The van der Waals surface area contributed by atoms with Crippen LogP contribution in [0.2, 0.25) is 0 Å². The van der Waals surface area contributed by atoms with Gasteiger partial charge in [-0.1, -0.05) is 60.7 Å². The van der Waals surface area contributed by atoms with Gasteiger partial charge in [-0.2, -0.15) is 4.31 Å². The lowest BCUT2D eigenvalue weighted by Gasteiger charge is -2.24. The molecule has 0 aliphatic carbocycles. The quantitative estimate of drug-likeness (QED) is 0.188. The van der Waals surface area contributed by atoms with Crippen molar-refractivity contribution in [3.8, 4) is 5.75 Å². The number of pyridine rings is 1. The van der Waals surface area contributed by atoms with Gasteiger partial charge in [0.15, 0.2) is 0 Å². The second-order valence-corrected chi connectivity index (χ2v) is 11.3. The van der Waals surface area contributed by atoms with Crippen LogP contribution in [0.1, 0.15) is 11.1 Å². The fourth-order valence-electron chi connectivity index (χ4n) is 4.29. The van der Waals surface area contributed by atoms with Crippen LogP contribution >= 0.6 is 37.2 Å². The third-order valence-corrected chi connectivity index (χ3v) is 8.30. The number of rotatable bonds is 14. The molecule has 0 saturated heterocycles. The molecule has 0 fully saturated rings. The Labute approximate surface area is 262 Å². The maximum atomic E-state index is 13.7. The molecule has 3 aromatic carbocycles. The van der Waals surface area contributed by atoms with E-state index < -0.39 is 10.0 Å². The second kappa shape index (κ2) is 18.2. The molecule has 41 heavy (non-hydrogen) atoms. The van der Waals surface area contributed by atoms with E-state index in [-0.39, 0.29) is 37.2 Å². The van der Waals surface area contributed by atoms with Gasteiger partial charge in [0.05, 0.1) is 4.90 Å². The number of aromatic nitrogens is 1. The molecule has 1 heterocycles. The van der Waals surface area contributed by atoms with Crippen molar-refractivity contribution in [1.82, 2.24) is 19.5 Å². The Morgan fingerprint density at radius 3 is 2.29 bits per heavy atom. The molecule has 11 heteroatoms. The number of halogens is 3. The Bertz CT molecular complexity index is 1420. The Kier molecular flexibility index (Phi) is 16.2. The van der Waals surface area contributed by atoms with Crippen LogP contribution in [0, 0.1) is 0 Å². The van der Waals surface area contributed by atoms with Crippen molar-refractivity contribution in [2.24, 2.45) is 0 Å². The first-order valence-electron chi connectivity index (χ1n) is 12.9. The highest BCUT2D eigenvalue weighted by molar-refractivity contribution is 7.89. The second-order valence-electron chi connectivity index (χ2n) is 9.43. The molecule has 0 radical (unpaired) electrons. The van der Waals surface area contributed by atoms with Gasteiger partial charge >= 0.3 is 0 Å². The van der Waals surface area contributed by atoms with Gasteiger partial charge < -0.3 is 15.0 Å². The number of ether oxygens (including phenoxy) is 1. The first-order valence-corrected chi connectivity index (χ1v) is 14.3. The summed E-state index contributed by atoms with van der Waals surface area (Å²) in [6.45, 7) is 3.03. The van der Waals surface area contributed by atoms with Crippen molar-refractivity contribution in [2.45, 2.75) is 11.3 Å². The number of likely N-dealkylation sites (N-methyl/N-ethyl adjacent to an activating group) is 1. The number of hydrogen-bond acceptors (Lipinski definition) is 6. The highest BCUT2D eigenvalue weighted by Crippen LogP contribution is 2.25. The van der Waals surface area contributed by atoms with Crippen molar-refractivity contribution >= 4 is 58.0 Å². The average Bonchev–Trinajstić information content (AvgIpc) is 2.93. The van der Waals surface area contributed by atoms with E-state index in [0.717, 1.165) is 23.1 Å². The summed E-state index contributed by atoms with van der Waals surface area (Å²) >= 11 is 0. The Morgan fingerprint density at radius 2 is 1.54 bits per heavy atom. The summed E-state index contributed by atoms with van der Waals surface area (Å²) in [6.07, 6.45) is 4.14. The van der Waals surface area contributed by atoms with Crippen LogP contribution in [0.3, 0.4) is 0 Å². The van der Waals surface area contributed by atoms with Crippen LogP contribution in [0.5, 0.6) is 5.75 Å². The standard InChI is InChI=1S/C30H36N4O3S.3ClH/c1-33(2)20-21-34(38(35,36)30-14-8-12-27-24-32-16-15-28(27)30)19-17-31-18-22-37-29-13-7-6-11-26(29)23-25-9-4-3-5-10-25;;;/h3-16,24,31H,17-23H2,1-2H3;3*1H. The monoisotopic (exact) mass is 640 g/mol. The van der Waals surface area contributed by atoms with Crippen LogP contribution in [0.4, 0.5) is 0 Å². The van der Waals surface area contributed by atoms with Crippen molar-refractivity contribution in [3.05, 3.63) is 102 Å². The summed E-state index contributed by atoms with van der Waals surface area (Å²) in [7, 11) is 0.201. The number of nitrogens with one attached hydrogen (secondary N) is 1. The van der Waals surface area contributed by atoms with Gasteiger partial charge in [-0.05, 0) is 43.4 Å². The zero-order chi connectivity index (χ0) is 26.8. The molecule has 0 aliphatic rings. The summed E-state index contributed by atoms with van der Waals surface area (Å²) in [5.74, 6) is 0.874. The van der Waals surface area contributed by atoms with Crippen molar-refractivity contribution in [3.63, 3.8) is 0 Å². The van der Waals surface area contributed by atoms with E-state index in [1.165, 1.54) is 5.56 Å². The minimum atomic E-state index is -3.69. The summed E-state index contributed by atoms with van der Waals surface area (Å²) in [5, 5.41) is 4.85. The minimum absolute atomic E-state index is 0. The molecule has 0 saturated carbocycles. The lowest BCUT2D eigenvalue weighted by atomic mass is 10.0. The first kappa shape index (κ1) is 36.6. The highest BCUT2D eigenvalue weighted by atomic mass is 35.5. The van der Waals surface area contributed by atoms with Gasteiger partial charge in [-0.15, -0.1) is 37.2 Å².